The number of carboxylic acids is 1. The molecule has 0 spiro atoms. The lowest BCUT2D eigenvalue weighted by Gasteiger charge is -2.01. The van der Waals surface area contributed by atoms with Gasteiger partial charge in [-0.1, -0.05) is 23.8 Å². The first-order valence-corrected chi connectivity index (χ1v) is 4.27. The molecule has 0 aliphatic heterocycles. The van der Waals surface area contributed by atoms with Crippen molar-refractivity contribution < 1.29 is 9.90 Å². The van der Waals surface area contributed by atoms with E-state index in [2.05, 4.69) is 4.98 Å². The van der Waals surface area contributed by atoms with Crippen molar-refractivity contribution in [3.8, 4) is 0 Å². The van der Waals surface area contributed by atoms with Crippen LogP contribution in [0.25, 0.3) is 10.8 Å². The number of rotatable bonds is 1. The minimum Gasteiger partial charge on any atom is -0.476 e. The number of aromatic carboxylic acids is 1. The lowest BCUT2D eigenvalue weighted by molar-refractivity contribution is 0.0693. The molecule has 0 aliphatic carbocycles. The van der Waals surface area contributed by atoms with Crippen molar-refractivity contribution in [3.05, 3.63) is 41.7 Å². The van der Waals surface area contributed by atoms with Crippen molar-refractivity contribution in [1.29, 1.82) is 0 Å². The monoisotopic (exact) mass is 187 g/mol. The molecule has 0 aliphatic rings. The van der Waals surface area contributed by atoms with E-state index in [9.17, 15) is 4.79 Å². The van der Waals surface area contributed by atoms with Crippen LogP contribution in [-0.4, -0.2) is 16.1 Å². The minimum absolute atomic E-state index is 0.113. The molecule has 14 heavy (non-hydrogen) atoms. The highest BCUT2D eigenvalue weighted by molar-refractivity contribution is 6.01. The Bertz CT molecular complexity index is 506. The second-order valence-electron chi connectivity index (χ2n) is 3.19. The van der Waals surface area contributed by atoms with Gasteiger partial charge >= 0.3 is 5.97 Å². The van der Waals surface area contributed by atoms with Crippen molar-refractivity contribution in [2.75, 3.05) is 0 Å². The molecule has 1 heterocycles. The van der Waals surface area contributed by atoms with Crippen LogP contribution >= 0.6 is 0 Å². The largest absolute Gasteiger partial charge is 0.476 e. The van der Waals surface area contributed by atoms with E-state index in [1.807, 2.05) is 25.1 Å². The molecule has 0 amide bonds. The third-order valence-electron chi connectivity index (χ3n) is 2.12. The highest BCUT2D eigenvalue weighted by atomic mass is 16.4. The van der Waals surface area contributed by atoms with Crippen molar-refractivity contribution in [3.63, 3.8) is 0 Å². The molecule has 1 aromatic carbocycles. The quantitative estimate of drug-likeness (QED) is 0.744. The van der Waals surface area contributed by atoms with Gasteiger partial charge in [0.15, 0.2) is 5.69 Å². The first-order valence-electron chi connectivity index (χ1n) is 4.27. The number of hydrogen-bond acceptors (Lipinski definition) is 2. The van der Waals surface area contributed by atoms with E-state index < -0.39 is 5.97 Å². The molecule has 0 saturated heterocycles. The topological polar surface area (TPSA) is 50.2 Å². The zero-order valence-corrected chi connectivity index (χ0v) is 7.69. The Hall–Kier alpha value is -1.90. The lowest BCUT2D eigenvalue weighted by Crippen LogP contribution is -2.00. The third kappa shape index (κ3) is 1.33. The fraction of sp³-hybridized carbons (Fsp3) is 0.0909. The number of aromatic nitrogens is 1. The zero-order chi connectivity index (χ0) is 10.1. The number of aryl methyl sites for hydroxylation is 1. The van der Waals surface area contributed by atoms with Crippen LogP contribution in [0.15, 0.2) is 30.5 Å². The maximum Gasteiger partial charge on any atom is 0.355 e. The van der Waals surface area contributed by atoms with Gasteiger partial charge < -0.3 is 5.11 Å². The normalized spacial score (nSPS) is 10.4. The summed E-state index contributed by atoms with van der Waals surface area (Å²) in [5, 5.41) is 10.5. The summed E-state index contributed by atoms with van der Waals surface area (Å²) in [5.74, 6) is -0.987. The van der Waals surface area contributed by atoms with Crippen LogP contribution in [0.2, 0.25) is 0 Å². The van der Waals surface area contributed by atoms with E-state index in [4.69, 9.17) is 5.11 Å². The van der Waals surface area contributed by atoms with Gasteiger partial charge in [-0.3, -0.25) is 0 Å². The highest BCUT2D eigenvalue weighted by Gasteiger charge is 2.08. The number of fused-ring (bicyclic) bond motifs is 1. The Morgan fingerprint density at radius 2 is 2.14 bits per heavy atom. The highest BCUT2D eigenvalue weighted by Crippen LogP contribution is 2.17. The molecule has 1 N–H and O–H groups in total. The maximum absolute atomic E-state index is 10.8. The van der Waals surface area contributed by atoms with Gasteiger partial charge in [0.2, 0.25) is 0 Å². The predicted octanol–water partition coefficient (Wildman–Crippen LogP) is 2.24. The van der Waals surface area contributed by atoms with Gasteiger partial charge in [0.1, 0.15) is 0 Å². The molecular formula is C11H9NO2. The summed E-state index contributed by atoms with van der Waals surface area (Å²) in [6.07, 6.45) is 1.52. The minimum atomic E-state index is -0.987. The van der Waals surface area contributed by atoms with Gasteiger partial charge in [-0.15, -0.1) is 0 Å². The van der Waals surface area contributed by atoms with E-state index in [0.29, 0.717) is 5.39 Å². The van der Waals surface area contributed by atoms with Crippen LogP contribution in [0.4, 0.5) is 0 Å². The average molecular weight is 187 g/mol. The van der Waals surface area contributed by atoms with E-state index in [-0.39, 0.29) is 5.69 Å². The van der Waals surface area contributed by atoms with Gasteiger partial charge in [0.25, 0.3) is 0 Å². The van der Waals surface area contributed by atoms with Crippen molar-refractivity contribution >= 4 is 16.7 Å². The fourth-order valence-corrected chi connectivity index (χ4v) is 1.47. The van der Waals surface area contributed by atoms with Crippen LogP contribution in [0, 0.1) is 6.92 Å². The summed E-state index contributed by atoms with van der Waals surface area (Å²) < 4.78 is 0. The Kier molecular flexibility index (Phi) is 1.93. The van der Waals surface area contributed by atoms with Gasteiger partial charge in [0, 0.05) is 11.6 Å². The molecule has 2 rings (SSSR count). The molecule has 0 saturated carbocycles. The molecule has 3 nitrogen and oxygen atoms in total. The molecule has 0 atom stereocenters. The number of carbonyl (C=O) groups is 1. The van der Waals surface area contributed by atoms with Crippen LogP contribution in [0.3, 0.4) is 0 Å². The molecular weight excluding hydrogens is 178 g/mol. The summed E-state index contributed by atoms with van der Waals surface area (Å²) >= 11 is 0. The van der Waals surface area contributed by atoms with Crippen molar-refractivity contribution in [2.45, 2.75) is 6.92 Å². The number of pyridine rings is 1. The number of hydrogen-bond donors (Lipinski definition) is 1. The van der Waals surface area contributed by atoms with Gasteiger partial charge in [-0.05, 0) is 18.4 Å². The van der Waals surface area contributed by atoms with Crippen molar-refractivity contribution in [1.82, 2.24) is 4.98 Å². The van der Waals surface area contributed by atoms with Crippen LogP contribution in [0.5, 0.6) is 0 Å². The smallest absolute Gasteiger partial charge is 0.355 e. The second kappa shape index (κ2) is 3.10. The fourth-order valence-electron chi connectivity index (χ4n) is 1.47. The molecule has 0 fully saturated rings. The standard InChI is InChI=1S/C11H9NO2/c1-7-2-3-9-8(6-7)4-5-12-10(9)11(13)14/h2-6H,1H3,(H,13,14). The average Bonchev–Trinajstić information content (AvgIpc) is 2.16. The van der Waals surface area contributed by atoms with Gasteiger partial charge in [-0.2, -0.15) is 0 Å². The molecule has 70 valence electrons. The second-order valence-corrected chi connectivity index (χ2v) is 3.19. The lowest BCUT2D eigenvalue weighted by atomic mass is 10.1. The first-order chi connectivity index (χ1) is 6.68. The Balaban J connectivity index is 2.81. The molecule has 0 bridgehead atoms. The molecule has 0 radical (unpaired) electrons. The van der Waals surface area contributed by atoms with Crippen LogP contribution in [-0.2, 0) is 0 Å². The number of nitrogens with zero attached hydrogens (tertiary/aromatic N) is 1. The number of benzene rings is 1. The van der Waals surface area contributed by atoms with Gasteiger partial charge in [-0.25, -0.2) is 9.78 Å². The first kappa shape index (κ1) is 8.69. The predicted molar refractivity (Wildman–Crippen MR) is 53.4 cm³/mol. The summed E-state index contributed by atoms with van der Waals surface area (Å²) in [5.41, 5.74) is 1.22. The molecule has 0 unspecified atom stereocenters. The SMILES string of the molecule is Cc1ccc2c(C(=O)O)nccc2c1. The van der Waals surface area contributed by atoms with E-state index in [0.717, 1.165) is 10.9 Å². The van der Waals surface area contributed by atoms with E-state index in [1.165, 1.54) is 6.20 Å². The Morgan fingerprint density at radius 3 is 2.86 bits per heavy atom. The Labute approximate surface area is 81.0 Å². The maximum atomic E-state index is 10.8. The van der Waals surface area contributed by atoms with Gasteiger partial charge in [0.05, 0.1) is 0 Å². The van der Waals surface area contributed by atoms with Crippen LogP contribution < -0.4 is 0 Å². The summed E-state index contributed by atoms with van der Waals surface area (Å²) in [4.78, 5) is 14.7. The molecule has 1 aromatic heterocycles. The Morgan fingerprint density at radius 1 is 1.36 bits per heavy atom. The number of carboxylic acid groups (broad SMARTS) is 1. The summed E-state index contributed by atoms with van der Waals surface area (Å²) in [6.45, 7) is 1.97. The molecule has 3 heteroatoms. The molecule has 2 aromatic rings. The van der Waals surface area contributed by atoms with Crippen LogP contribution in [0.1, 0.15) is 16.1 Å². The summed E-state index contributed by atoms with van der Waals surface area (Å²) in [7, 11) is 0. The summed E-state index contributed by atoms with van der Waals surface area (Å²) in [6, 6.07) is 7.44. The zero-order valence-electron chi connectivity index (χ0n) is 7.69. The van der Waals surface area contributed by atoms with E-state index >= 15 is 0 Å². The third-order valence-corrected chi connectivity index (χ3v) is 2.12. The van der Waals surface area contributed by atoms with E-state index in [1.54, 1.807) is 6.07 Å². The van der Waals surface area contributed by atoms with Crippen molar-refractivity contribution in [2.24, 2.45) is 0 Å².